The number of nitrogens with zero attached hydrogens (tertiary/aromatic N) is 1. The summed E-state index contributed by atoms with van der Waals surface area (Å²) in [6.07, 6.45) is 1.08. The molecule has 0 saturated carbocycles. The maximum Gasteiger partial charge on any atom is 0.261 e. The number of hydrogen-bond donors (Lipinski definition) is 1. The zero-order valence-electron chi connectivity index (χ0n) is 13.1. The van der Waals surface area contributed by atoms with Crippen LogP contribution in [0.3, 0.4) is 0 Å². The second-order valence-electron chi connectivity index (χ2n) is 5.56. The highest BCUT2D eigenvalue weighted by atomic mass is 32.2. The van der Waals surface area contributed by atoms with Crippen LogP contribution in [0.2, 0.25) is 0 Å². The van der Waals surface area contributed by atoms with E-state index in [0.29, 0.717) is 12.1 Å². The van der Waals surface area contributed by atoms with Gasteiger partial charge < -0.3 is 0 Å². The molecule has 0 aliphatic carbocycles. The molecular formula is C17H15FN2O4S. The summed E-state index contributed by atoms with van der Waals surface area (Å²) in [6.45, 7) is 0. The number of nitrogens with one attached hydrogen (secondary N) is 1. The summed E-state index contributed by atoms with van der Waals surface area (Å²) < 4.78 is 40.5. The Balaban J connectivity index is 1.85. The van der Waals surface area contributed by atoms with Gasteiger partial charge in [-0.25, -0.2) is 12.8 Å². The second-order valence-corrected chi connectivity index (χ2v) is 7.24. The zero-order valence-corrected chi connectivity index (χ0v) is 13.9. The lowest BCUT2D eigenvalue weighted by Gasteiger charge is -2.24. The van der Waals surface area contributed by atoms with E-state index in [9.17, 15) is 22.4 Å². The molecule has 1 aliphatic heterocycles. The average Bonchev–Trinajstić information content (AvgIpc) is 2.57. The van der Waals surface area contributed by atoms with Crippen molar-refractivity contribution in [2.75, 3.05) is 9.62 Å². The third-order valence-corrected chi connectivity index (χ3v) is 5.18. The Morgan fingerprint density at radius 2 is 1.52 bits per heavy atom. The molecule has 2 aromatic carbocycles. The number of para-hydroxylation sites is 1. The van der Waals surface area contributed by atoms with Crippen LogP contribution in [-0.2, 0) is 19.6 Å². The molecular weight excluding hydrogens is 347 g/mol. The summed E-state index contributed by atoms with van der Waals surface area (Å²) in [5.41, 5.74) is 0.160. The van der Waals surface area contributed by atoms with E-state index in [2.05, 4.69) is 4.72 Å². The van der Waals surface area contributed by atoms with Gasteiger partial charge in [-0.1, -0.05) is 12.1 Å². The third kappa shape index (κ3) is 3.53. The van der Waals surface area contributed by atoms with Gasteiger partial charge in [0.05, 0.1) is 16.3 Å². The molecule has 0 bridgehead atoms. The van der Waals surface area contributed by atoms with Crippen molar-refractivity contribution in [1.82, 2.24) is 0 Å². The Morgan fingerprint density at radius 3 is 2.12 bits per heavy atom. The maximum absolute atomic E-state index is 13.6. The molecule has 0 radical (unpaired) electrons. The largest absolute Gasteiger partial charge is 0.277 e. The second kappa shape index (κ2) is 6.64. The SMILES string of the molecule is O=C1CCCC(=O)N1c1ccc(S(=O)(=O)Nc2ccccc2F)cc1. The molecule has 0 spiro atoms. The van der Waals surface area contributed by atoms with E-state index >= 15 is 0 Å². The number of carbonyl (C=O) groups is 2. The summed E-state index contributed by atoms with van der Waals surface area (Å²) in [5, 5.41) is 0. The van der Waals surface area contributed by atoms with Gasteiger partial charge in [0.25, 0.3) is 10.0 Å². The van der Waals surface area contributed by atoms with Crippen LogP contribution in [0.5, 0.6) is 0 Å². The van der Waals surface area contributed by atoms with Crippen molar-refractivity contribution in [3.8, 4) is 0 Å². The van der Waals surface area contributed by atoms with E-state index in [1.54, 1.807) is 0 Å². The number of anilines is 2. The van der Waals surface area contributed by atoms with Gasteiger partial charge in [0, 0.05) is 12.8 Å². The Labute approximate surface area is 144 Å². The van der Waals surface area contributed by atoms with Crippen molar-refractivity contribution >= 4 is 33.2 Å². The summed E-state index contributed by atoms with van der Waals surface area (Å²) in [5.74, 6) is -1.31. The highest BCUT2D eigenvalue weighted by Crippen LogP contribution is 2.25. The van der Waals surface area contributed by atoms with Gasteiger partial charge in [-0.3, -0.25) is 19.2 Å². The molecule has 130 valence electrons. The molecule has 6 nitrogen and oxygen atoms in total. The molecule has 1 N–H and O–H groups in total. The standard InChI is InChI=1S/C17H15FN2O4S/c18-14-4-1-2-5-15(14)19-25(23,24)13-10-8-12(9-11-13)20-16(21)6-3-7-17(20)22/h1-2,4-5,8-11,19H,3,6-7H2. The first-order valence-corrected chi connectivity index (χ1v) is 9.10. The van der Waals surface area contributed by atoms with E-state index in [0.717, 1.165) is 11.0 Å². The Hall–Kier alpha value is -2.74. The molecule has 0 atom stereocenters. The molecule has 1 heterocycles. The van der Waals surface area contributed by atoms with Gasteiger partial charge in [0.1, 0.15) is 5.82 Å². The Bertz CT molecular complexity index is 910. The monoisotopic (exact) mass is 362 g/mol. The first-order chi connectivity index (χ1) is 11.9. The number of benzene rings is 2. The fourth-order valence-corrected chi connectivity index (χ4v) is 3.63. The molecule has 0 unspecified atom stereocenters. The topological polar surface area (TPSA) is 83.6 Å². The Morgan fingerprint density at radius 1 is 0.920 bits per heavy atom. The normalized spacial score (nSPS) is 15.3. The lowest BCUT2D eigenvalue weighted by atomic mass is 10.1. The average molecular weight is 362 g/mol. The fraction of sp³-hybridized carbons (Fsp3) is 0.176. The van der Waals surface area contributed by atoms with Gasteiger partial charge in [0.15, 0.2) is 0 Å². The van der Waals surface area contributed by atoms with Crippen LogP contribution in [-0.4, -0.2) is 20.2 Å². The van der Waals surface area contributed by atoms with Crippen molar-refractivity contribution in [2.24, 2.45) is 0 Å². The van der Waals surface area contributed by atoms with Crippen molar-refractivity contribution in [3.63, 3.8) is 0 Å². The molecule has 1 saturated heterocycles. The van der Waals surface area contributed by atoms with Gasteiger partial charge in [-0.15, -0.1) is 0 Å². The van der Waals surface area contributed by atoms with Gasteiger partial charge in [0.2, 0.25) is 11.8 Å². The van der Waals surface area contributed by atoms with Crippen molar-refractivity contribution in [2.45, 2.75) is 24.2 Å². The first kappa shape index (κ1) is 17.1. The summed E-state index contributed by atoms with van der Waals surface area (Å²) in [7, 11) is -3.99. The van der Waals surface area contributed by atoms with Crippen LogP contribution < -0.4 is 9.62 Å². The number of hydrogen-bond acceptors (Lipinski definition) is 4. The van der Waals surface area contributed by atoms with Crippen LogP contribution in [0.25, 0.3) is 0 Å². The minimum Gasteiger partial charge on any atom is -0.277 e. The van der Waals surface area contributed by atoms with E-state index < -0.39 is 15.8 Å². The van der Waals surface area contributed by atoms with Gasteiger partial charge in [-0.05, 0) is 42.8 Å². The number of rotatable bonds is 4. The van der Waals surface area contributed by atoms with E-state index in [-0.39, 0.29) is 35.2 Å². The summed E-state index contributed by atoms with van der Waals surface area (Å²) in [4.78, 5) is 24.8. The highest BCUT2D eigenvalue weighted by Gasteiger charge is 2.27. The molecule has 3 rings (SSSR count). The summed E-state index contributed by atoms with van der Waals surface area (Å²) >= 11 is 0. The van der Waals surface area contributed by atoms with E-state index in [1.807, 2.05) is 0 Å². The Kier molecular flexibility index (Phi) is 4.54. The highest BCUT2D eigenvalue weighted by molar-refractivity contribution is 7.92. The molecule has 2 aromatic rings. The first-order valence-electron chi connectivity index (χ1n) is 7.62. The molecule has 8 heteroatoms. The number of carbonyl (C=O) groups excluding carboxylic acids is 2. The van der Waals surface area contributed by atoms with Crippen molar-refractivity contribution < 1.29 is 22.4 Å². The smallest absolute Gasteiger partial charge is 0.261 e. The lowest BCUT2D eigenvalue weighted by molar-refractivity contribution is -0.129. The van der Waals surface area contributed by atoms with Crippen LogP contribution in [0.4, 0.5) is 15.8 Å². The summed E-state index contributed by atoms with van der Waals surface area (Å²) in [6, 6.07) is 10.7. The predicted octanol–water partition coefficient (Wildman–Crippen LogP) is 2.67. The van der Waals surface area contributed by atoms with Crippen molar-refractivity contribution in [3.05, 3.63) is 54.3 Å². The minimum absolute atomic E-state index is 0.101. The van der Waals surface area contributed by atoms with Crippen LogP contribution >= 0.6 is 0 Å². The molecule has 1 aliphatic rings. The number of amides is 2. The van der Waals surface area contributed by atoms with Gasteiger partial charge in [-0.2, -0.15) is 0 Å². The fourth-order valence-electron chi connectivity index (χ4n) is 2.56. The number of sulfonamides is 1. The molecule has 1 fully saturated rings. The van der Waals surface area contributed by atoms with Gasteiger partial charge >= 0.3 is 0 Å². The molecule has 2 amide bonds. The van der Waals surface area contributed by atoms with Crippen molar-refractivity contribution in [1.29, 1.82) is 0 Å². The quantitative estimate of drug-likeness (QED) is 0.848. The number of piperidine rings is 1. The molecule has 0 aromatic heterocycles. The zero-order chi connectivity index (χ0) is 18.0. The maximum atomic E-state index is 13.6. The van der Waals surface area contributed by atoms with E-state index in [1.165, 1.54) is 42.5 Å². The van der Waals surface area contributed by atoms with Crippen LogP contribution in [0.15, 0.2) is 53.4 Å². The van der Waals surface area contributed by atoms with Crippen LogP contribution in [0.1, 0.15) is 19.3 Å². The minimum atomic E-state index is -3.99. The predicted molar refractivity (Wildman–Crippen MR) is 90.0 cm³/mol. The number of halogens is 1. The van der Waals surface area contributed by atoms with E-state index in [4.69, 9.17) is 0 Å². The lowest BCUT2D eigenvalue weighted by Crippen LogP contribution is -2.40. The third-order valence-electron chi connectivity index (χ3n) is 3.80. The molecule has 25 heavy (non-hydrogen) atoms. The number of imide groups is 1. The van der Waals surface area contributed by atoms with Crippen LogP contribution in [0, 0.1) is 5.82 Å².